The summed E-state index contributed by atoms with van der Waals surface area (Å²) in [6, 6.07) is 1.83. The molecular weight excluding hydrogens is 268 g/mol. The molecule has 1 aliphatic heterocycles. The van der Waals surface area contributed by atoms with Crippen molar-refractivity contribution in [3.05, 3.63) is 18.0 Å². The Labute approximate surface area is 114 Å². The van der Waals surface area contributed by atoms with Crippen LogP contribution in [0.5, 0.6) is 0 Å². The molecule has 0 saturated heterocycles. The topological polar surface area (TPSA) is 67.2 Å². The van der Waals surface area contributed by atoms with Crippen molar-refractivity contribution in [2.75, 3.05) is 12.3 Å². The van der Waals surface area contributed by atoms with E-state index in [-0.39, 0.29) is 11.2 Å². The second-order valence-electron chi connectivity index (χ2n) is 3.77. The first-order chi connectivity index (χ1) is 8.65. The maximum absolute atomic E-state index is 11.9. The van der Waals surface area contributed by atoms with E-state index < -0.39 is 0 Å². The lowest BCUT2D eigenvalue weighted by Gasteiger charge is -2.10. The highest BCUT2D eigenvalue weighted by atomic mass is 32.2. The highest BCUT2D eigenvalue weighted by Gasteiger charge is 2.18. The molecule has 18 heavy (non-hydrogen) atoms. The van der Waals surface area contributed by atoms with Gasteiger partial charge in [0.15, 0.2) is 10.3 Å². The second kappa shape index (κ2) is 6.19. The fourth-order valence-electron chi connectivity index (χ4n) is 1.31. The molecule has 0 bridgehead atoms. The lowest BCUT2D eigenvalue weighted by atomic mass is 10.4. The number of carbonyl (C=O) groups is 1. The molecule has 5 nitrogen and oxygen atoms in total. The van der Waals surface area contributed by atoms with Crippen LogP contribution in [0.2, 0.25) is 0 Å². The maximum Gasteiger partial charge on any atom is 0.239 e. The standard InChI is InChI=1S/C11H14N4OS2/c1-7-3-4-12-11(14-7)18-8(2)9(16)15-10-13-5-6-17-10/h3-4,8H,5-6H2,1-2H3,(H,13,15,16)/t8-/m1/s1. The number of aryl methyl sites for hydroxylation is 1. The molecule has 1 atom stereocenters. The number of aromatic nitrogens is 2. The Bertz CT molecular complexity index is 478. The number of rotatable bonds is 3. The normalized spacial score (nSPS) is 16.2. The number of nitrogens with one attached hydrogen (secondary N) is 1. The van der Waals surface area contributed by atoms with E-state index in [2.05, 4.69) is 20.3 Å². The summed E-state index contributed by atoms with van der Waals surface area (Å²) in [6.07, 6.45) is 1.70. The molecule has 1 aromatic rings. The lowest BCUT2D eigenvalue weighted by Crippen LogP contribution is -2.33. The van der Waals surface area contributed by atoms with Crippen molar-refractivity contribution in [3.8, 4) is 0 Å². The lowest BCUT2D eigenvalue weighted by molar-refractivity contribution is -0.118. The summed E-state index contributed by atoms with van der Waals surface area (Å²) in [5, 5.41) is 3.91. The maximum atomic E-state index is 11.9. The molecule has 1 amide bonds. The van der Waals surface area contributed by atoms with E-state index in [9.17, 15) is 4.79 Å². The number of hydrogen-bond acceptors (Lipinski definition) is 6. The van der Waals surface area contributed by atoms with Crippen LogP contribution in [-0.2, 0) is 4.79 Å². The summed E-state index contributed by atoms with van der Waals surface area (Å²) in [5.41, 5.74) is 0.899. The van der Waals surface area contributed by atoms with Gasteiger partial charge < -0.3 is 5.32 Å². The second-order valence-corrected chi connectivity index (χ2v) is 6.16. The summed E-state index contributed by atoms with van der Waals surface area (Å²) in [5.74, 6) is 0.885. The van der Waals surface area contributed by atoms with Crippen molar-refractivity contribution in [3.63, 3.8) is 0 Å². The third-order valence-electron chi connectivity index (χ3n) is 2.24. The van der Waals surface area contributed by atoms with Gasteiger partial charge in [0.2, 0.25) is 5.91 Å². The Morgan fingerprint density at radius 3 is 3.11 bits per heavy atom. The Hall–Kier alpha value is -1.08. The SMILES string of the molecule is Cc1ccnc(S[C@H](C)C(=O)NC2=NCCS2)n1. The number of nitrogens with zero attached hydrogens (tertiary/aromatic N) is 3. The molecule has 0 aromatic carbocycles. The van der Waals surface area contributed by atoms with Crippen LogP contribution in [0.1, 0.15) is 12.6 Å². The zero-order valence-electron chi connectivity index (χ0n) is 10.2. The summed E-state index contributed by atoms with van der Waals surface area (Å²) in [7, 11) is 0. The van der Waals surface area contributed by atoms with Gasteiger partial charge in [-0.25, -0.2) is 9.97 Å². The minimum Gasteiger partial charge on any atom is -0.304 e. The number of hydrogen-bond donors (Lipinski definition) is 1. The average molecular weight is 282 g/mol. The summed E-state index contributed by atoms with van der Waals surface area (Å²) in [6.45, 7) is 4.52. The van der Waals surface area contributed by atoms with Crippen molar-refractivity contribution in [2.45, 2.75) is 24.3 Å². The molecule has 96 valence electrons. The van der Waals surface area contributed by atoms with E-state index in [1.807, 2.05) is 19.9 Å². The molecule has 7 heteroatoms. The first-order valence-electron chi connectivity index (χ1n) is 5.59. The minimum atomic E-state index is -0.240. The average Bonchev–Trinajstić information content (AvgIpc) is 2.81. The highest BCUT2D eigenvalue weighted by molar-refractivity contribution is 8.14. The molecule has 1 aliphatic rings. The molecular formula is C11H14N4OS2. The van der Waals surface area contributed by atoms with Gasteiger partial charge in [0, 0.05) is 17.6 Å². The first kappa shape index (κ1) is 13.4. The van der Waals surface area contributed by atoms with E-state index in [1.165, 1.54) is 11.8 Å². The number of amides is 1. The third kappa shape index (κ3) is 3.71. The van der Waals surface area contributed by atoms with Crippen LogP contribution < -0.4 is 5.32 Å². The van der Waals surface area contributed by atoms with Crippen LogP contribution in [0.4, 0.5) is 0 Å². The Kier molecular flexibility index (Phi) is 4.60. The van der Waals surface area contributed by atoms with Crippen LogP contribution in [0.3, 0.4) is 0 Å². The molecule has 0 fully saturated rings. The van der Waals surface area contributed by atoms with Gasteiger partial charge in [-0.3, -0.25) is 9.79 Å². The van der Waals surface area contributed by atoms with Gasteiger partial charge in [-0.2, -0.15) is 0 Å². The van der Waals surface area contributed by atoms with Gasteiger partial charge in [-0.15, -0.1) is 0 Å². The molecule has 0 aliphatic carbocycles. The fourth-order valence-corrected chi connectivity index (χ4v) is 2.84. The monoisotopic (exact) mass is 282 g/mol. The fraction of sp³-hybridized carbons (Fsp3) is 0.455. The minimum absolute atomic E-state index is 0.0572. The molecule has 0 unspecified atom stereocenters. The Balaban J connectivity index is 1.90. The first-order valence-corrected chi connectivity index (χ1v) is 7.46. The van der Waals surface area contributed by atoms with Gasteiger partial charge in [-0.1, -0.05) is 23.5 Å². The quantitative estimate of drug-likeness (QED) is 0.672. The van der Waals surface area contributed by atoms with E-state index in [0.717, 1.165) is 23.2 Å². The molecule has 0 radical (unpaired) electrons. The molecule has 1 aromatic heterocycles. The number of amidine groups is 1. The summed E-state index contributed by atoms with van der Waals surface area (Å²) >= 11 is 2.93. The van der Waals surface area contributed by atoms with Crippen molar-refractivity contribution >= 4 is 34.6 Å². The Morgan fingerprint density at radius 1 is 1.61 bits per heavy atom. The van der Waals surface area contributed by atoms with E-state index in [1.54, 1.807) is 18.0 Å². The highest BCUT2D eigenvalue weighted by Crippen LogP contribution is 2.19. The van der Waals surface area contributed by atoms with Gasteiger partial charge >= 0.3 is 0 Å². The van der Waals surface area contributed by atoms with Crippen molar-refractivity contribution in [1.29, 1.82) is 0 Å². The number of carbonyl (C=O) groups excluding carboxylic acids is 1. The van der Waals surface area contributed by atoms with Gasteiger partial charge in [0.25, 0.3) is 0 Å². The predicted molar refractivity (Wildman–Crippen MR) is 75.0 cm³/mol. The number of thioether (sulfide) groups is 2. The predicted octanol–water partition coefficient (Wildman–Crippen LogP) is 1.48. The zero-order valence-corrected chi connectivity index (χ0v) is 11.8. The zero-order chi connectivity index (χ0) is 13.0. The van der Waals surface area contributed by atoms with E-state index >= 15 is 0 Å². The van der Waals surface area contributed by atoms with Gasteiger partial charge in [0.05, 0.1) is 11.8 Å². The van der Waals surface area contributed by atoms with Crippen LogP contribution >= 0.6 is 23.5 Å². The van der Waals surface area contributed by atoms with Crippen LogP contribution in [0.25, 0.3) is 0 Å². The number of aliphatic imine (C=N–C) groups is 1. The Morgan fingerprint density at radius 2 is 2.44 bits per heavy atom. The smallest absolute Gasteiger partial charge is 0.239 e. The molecule has 1 N–H and O–H groups in total. The summed E-state index contributed by atoms with van der Waals surface area (Å²) < 4.78 is 0. The van der Waals surface area contributed by atoms with Crippen molar-refractivity contribution in [1.82, 2.24) is 15.3 Å². The summed E-state index contributed by atoms with van der Waals surface area (Å²) in [4.78, 5) is 24.5. The van der Waals surface area contributed by atoms with Crippen LogP contribution in [0.15, 0.2) is 22.4 Å². The largest absolute Gasteiger partial charge is 0.304 e. The van der Waals surface area contributed by atoms with Gasteiger partial charge in [-0.05, 0) is 19.9 Å². The van der Waals surface area contributed by atoms with Crippen LogP contribution in [-0.4, -0.2) is 38.6 Å². The van der Waals surface area contributed by atoms with Gasteiger partial charge in [0.1, 0.15) is 0 Å². The molecule has 2 rings (SSSR count). The van der Waals surface area contributed by atoms with E-state index in [0.29, 0.717) is 5.16 Å². The van der Waals surface area contributed by atoms with Crippen LogP contribution in [0, 0.1) is 6.92 Å². The molecule has 0 saturated carbocycles. The molecule has 2 heterocycles. The van der Waals surface area contributed by atoms with Crippen molar-refractivity contribution in [2.24, 2.45) is 4.99 Å². The van der Waals surface area contributed by atoms with E-state index in [4.69, 9.17) is 0 Å². The van der Waals surface area contributed by atoms with Crippen molar-refractivity contribution < 1.29 is 4.79 Å². The molecule has 0 spiro atoms. The third-order valence-corrected chi connectivity index (χ3v) is 4.11.